The molecule has 0 bridgehead atoms. The molecule has 0 saturated carbocycles. The van der Waals surface area contributed by atoms with Crippen LogP contribution in [-0.2, 0) is 49.1 Å². The number of aliphatic carboxylic acids is 2. The molecule has 6 N–H and O–H groups in total. The van der Waals surface area contributed by atoms with Gasteiger partial charge in [-0.15, -0.1) is 0 Å². The molecule has 2 aromatic heterocycles. The zero-order valence-corrected chi connectivity index (χ0v) is 40.0. The summed E-state index contributed by atoms with van der Waals surface area (Å²) in [5.74, 6) is -1.16. The van der Waals surface area contributed by atoms with Crippen molar-refractivity contribution in [3.8, 4) is 46.3 Å². The van der Waals surface area contributed by atoms with E-state index in [4.69, 9.17) is 65.4 Å². The molecule has 20 heteroatoms. The third-order valence-corrected chi connectivity index (χ3v) is 12.1. The molecule has 4 aromatic carbocycles. The maximum absolute atomic E-state index is 11.8. The Morgan fingerprint density at radius 3 is 1.33 bits per heavy atom. The Labute approximate surface area is 422 Å². The van der Waals surface area contributed by atoms with Gasteiger partial charge in [-0.3, -0.25) is 19.6 Å². The number of nitrogens with one attached hydrogen (secondary N) is 2. The van der Waals surface area contributed by atoms with Crippen molar-refractivity contribution < 1.29 is 49.0 Å². The summed E-state index contributed by atoms with van der Waals surface area (Å²) in [4.78, 5) is 31.7. The number of rotatable bonds is 25. The zero-order chi connectivity index (χ0) is 50.2. The van der Waals surface area contributed by atoms with E-state index >= 15 is 0 Å². The van der Waals surface area contributed by atoms with Gasteiger partial charge in [0.05, 0.1) is 31.2 Å². The number of benzene rings is 4. The number of pyridine rings is 2. The highest BCUT2D eigenvalue weighted by molar-refractivity contribution is 6.37. The quantitative estimate of drug-likeness (QED) is 0.0314. The van der Waals surface area contributed by atoms with E-state index in [1.165, 1.54) is 12.4 Å². The van der Waals surface area contributed by atoms with Crippen molar-refractivity contribution in [2.45, 2.75) is 64.4 Å². The standard InChI is InChI=1S/C50H44Cl4N6O10/c51-39-13-35(23-59-41(7-9-61)49(63)64)43(67-25-31-11-29(17-55)19-57-21-31)15-45(39)69-27-33-3-1-5-37(47(33)53)38-6-2-4-34(48(38)54)28-70-46-16-44(68-26-32-12-30(18-56)20-58-22-32)36(14-40(46)52)24-60-42(8-10-62)50(65)66/h1-6,11-16,19-22,41-42,59-62H,7-10,23-28H2,(H,63,64)(H,65,66). The lowest BCUT2D eigenvalue weighted by molar-refractivity contribution is -0.140. The number of nitrogens with zero attached hydrogens (tertiary/aromatic N) is 4. The van der Waals surface area contributed by atoms with Crippen LogP contribution in [0.3, 0.4) is 0 Å². The average molecular weight is 1030 g/mol. The number of hydrogen-bond acceptors (Lipinski definition) is 14. The van der Waals surface area contributed by atoms with Gasteiger partial charge in [-0.2, -0.15) is 10.5 Å². The van der Waals surface area contributed by atoms with Crippen LogP contribution in [-0.4, -0.2) is 67.6 Å². The maximum Gasteiger partial charge on any atom is 0.320 e. The second-order valence-electron chi connectivity index (χ2n) is 15.4. The van der Waals surface area contributed by atoms with Crippen LogP contribution in [0.4, 0.5) is 0 Å². The molecule has 0 aliphatic carbocycles. The van der Waals surface area contributed by atoms with Crippen LogP contribution >= 0.6 is 46.4 Å². The van der Waals surface area contributed by atoms with Gasteiger partial charge in [0.15, 0.2) is 0 Å². The molecule has 6 aromatic rings. The van der Waals surface area contributed by atoms with Gasteiger partial charge >= 0.3 is 11.9 Å². The molecule has 2 heterocycles. The van der Waals surface area contributed by atoms with E-state index in [2.05, 4.69) is 20.6 Å². The van der Waals surface area contributed by atoms with E-state index in [0.717, 1.165) is 0 Å². The summed E-state index contributed by atoms with van der Waals surface area (Å²) in [5, 5.41) is 63.6. The van der Waals surface area contributed by atoms with Gasteiger partial charge in [0.2, 0.25) is 0 Å². The first-order chi connectivity index (χ1) is 33.8. The molecule has 70 heavy (non-hydrogen) atoms. The lowest BCUT2D eigenvalue weighted by atomic mass is 10.0. The highest BCUT2D eigenvalue weighted by atomic mass is 35.5. The number of aliphatic hydroxyl groups excluding tert-OH is 2. The van der Waals surface area contributed by atoms with Crippen LogP contribution in [0.25, 0.3) is 11.1 Å². The predicted molar refractivity (Wildman–Crippen MR) is 260 cm³/mol. The maximum atomic E-state index is 11.8. The molecule has 362 valence electrons. The third-order valence-electron chi connectivity index (χ3n) is 10.6. The number of carboxylic acids is 2. The minimum atomic E-state index is -1.13. The van der Waals surface area contributed by atoms with E-state index in [9.17, 15) is 40.5 Å². The first-order valence-corrected chi connectivity index (χ1v) is 22.9. The molecule has 0 fully saturated rings. The van der Waals surface area contributed by atoms with Crippen molar-refractivity contribution in [3.63, 3.8) is 0 Å². The fourth-order valence-corrected chi connectivity index (χ4v) is 8.00. The fraction of sp³-hybridized carbons (Fsp3) is 0.240. The molecule has 2 atom stereocenters. The fourth-order valence-electron chi connectivity index (χ4n) is 6.96. The molecule has 2 unspecified atom stereocenters. The minimum Gasteiger partial charge on any atom is -0.488 e. The van der Waals surface area contributed by atoms with Crippen molar-refractivity contribution in [2.24, 2.45) is 0 Å². The minimum absolute atomic E-state index is 0.0164. The van der Waals surface area contributed by atoms with Gasteiger partial charge in [-0.05, 0) is 37.1 Å². The lowest BCUT2D eigenvalue weighted by Crippen LogP contribution is -2.37. The van der Waals surface area contributed by atoms with Gasteiger partial charge in [0, 0.05) is 108 Å². The molecule has 0 aliphatic rings. The number of nitriles is 2. The smallest absolute Gasteiger partial charge is 0.320 e. The van der Waals surface area contributed by atoms with Gasteiger partial charge in [-0.25, -0.2) is 0 Å². The molecule has 0 radical (unpaired) electrons. The molecule has 6 rings (SSSR count). The van der Waals surface area contributed by atoms with Gasteiger partial charge in [0.1, 0.15) is 73.6 Å². The Morgan fingerprint density at radius 1 is 0.557 bits per heavy atom. The highest BCUT2D eigenvalue weighted by Crippen LogP contribution is 2.40. The van der Waals surface area contributed by atoms with E-state index in [1.54, 1.807) is 85.2 Å². The number of aliphatic hydroxyl groups is 2. The molecular weight excluding hydrogens is 986 g/mol. The molecular formula is C50H44Cl4N6O10. The Kier molecular flexibility index (Phi) is 19.4. The summed E-state index contributed by atoms with van der Waals surface area (Å²) in [6, 6.07) is 22.4. The molecule has 0 aliphatic heterocycles. The number of halogens is 4. The van der Waals surface area contributed by atoms with E-state index in [-0.39, 0.29) is 87.1 Å². The second-order valence-corrected chi connectivity index (χ2v) is 17.0. The van der Waals surface area contributed by atoms with Crippen molar-refractivity contribution in [3.05, 3.63) is 162 Å². The average Bonchev–Trinajstić information content (AvgIpc) is 3.35. The van der Waals surface area contributed by atoms with Crippen molar-refractivity contribution in [1.82, 2.24) is 20.6 Å². The Bertz CT molecular complexity index is 2720. The third kappa shape index (κ3) is 14.2. The van der Waals surface area contributed by atoms with Crippen LogP contribution in [0.15, 0.2) is 97.6 Å². The SMILES string of the molecule is N#Cc1cncc(COc2cc(OCc3cccc(-c4cccc(COc5cc(OCc6cncc(C#N)c6)c(CNC(CCO)C(=O)O)cc5Cl)c4Cl)c3Cl)c(Cl)cc2CNC(CCO)C(=O)O)c1. The first kappa shape index (κ1) is 52.7. The summed E-state index contributed by atoms with van der Waals surface area (Å²) in [7, 11) is 0. The Morgan fingerprint density at radius 2 is 0.957 bits per heavy atom. The second kappa shape index (κ2) is 25.8. The van der Waals surface area contributed by atoms with E-state index in [0.29, 0.717) is 77.2 Å². The number of hydrogen-bond donors (Lipinski definition) is 6. The van der Waals surface area contributed by atoms with E-state index in [1.807, 2.05) is 12.1 Å². The first-order valence-electron chi connectivity index (χ1n) is 21.4. The highest BCUT2D eigenvalue weighted by Gasteiger charge is 2.22. The van der Waals surface area contributed by atoms with Crippen LogP contribution in [0.1, 0.15) is 57.3 Å². The van der Waals surface area contributed by atoms with Crippen molar-refractivity contribution >= 4 is 58.3 Å². The number of carbonyl (C=O) groups is 2. The zero-order valence-electron chi connectivity index (χ0n) is 37.0. The van der Waals surface area contributed by atoms with E-state index < -0.39 is 24.0 Å². The van der Waals surface area contributed by atoms with Gasteiger partial charge in [0.25, 0.3) is 0 Å². The van der Waals surface area contributed by atoms with Crippen LogP contribution in [0.2, 0.25) is 20.1 Å². The molecule has 0 amide bonds. The summed E-state index contributed by atoms with van der Waals surface area (Å²) in [6.45, 7) is -0.671. The molecule has 0 spiro atoms. The predicted octanol–water partition coefficient (Wildman–Crippen LogP) is 8.67. The largest absolute Gasteiger partial charge is 0.488 e. The van der Waals surface area contributed by atoms with Crippen molar-refractivity contribution in [1.29, 1.82) is 10.5 Å². The number of ether oxygens (including phenoxy) is 4. The topological polar surface area (TPSA) is 249 Å². The number of aromatic nitrogens is 2. The Balaban J connectivity index is 1.21. The Hall–Kier alpha value is -6.70. The number of carboxylic acid groups (broad SMARTS) is 2. The summed E-state index contributed by atoms with van der Waals surface area (Å²) in [6.07, 6.45) is 5.92. The molecule has 16 nitrogen and oxygen atoms in total. The normalized spacial score (nSPS) is 11.8. The summed E-state index contributed by atoms with van der Waals surface area (Å²) < 4.78 is 24.7. The van der Waals surface area contributed by atoms with Crippen LogP contribution in [0.5, 0.6) is 23.0 Å². The molecule has 0 saturated heterocycles. The van der Waals surface area contributed by atoms with Crippen molar-refractivity contribution in [2.75, 3.05) is 13.2 Å². The summed E-state index contributed by atoms with van der Waals surface area (Å²) in [5.41, 5.74) is 5.30. The van der Waals surface area contributed by atoms with Gasteiger partial charge < -0.3 is 50.0 Å². The van der Waals surface area contributed by atoms with Gasteiger partial charge in [-0.1, -0.05) is 82.8 Å². The monoisotopic (exact) mass is 1030 g/mol. The van der Waals surface area contributed by atoms with Crippen LogP contribution in [0, 0.1) is 22.7 Å². The summed E-state index contributed by atoms with van der Waals surface area (Å²) >= 11 is 27.6. The lowest BCUT2D eigenvalue weighted by Gasteiger charge is -2.19. The van der Waals surface area contributed by atoms with Crippen LogP contribution < -0.4 is 29.6 Å².